The second kappa shape index (κ2) is 7.22. The van der Waals surface area contributed by atoms with E-state index in [9.17, 15) is 4.79 Å². The minimum Gasteiger partial charge on any atom is -0.465 e. The molecule has 0 saturated heterocycles. The van der Waals surface area contributed by atoms with E-state index in [0.717, 1.165) is 12.8 Å². The topological polar surface area (TPSA) is 26.3 Å². The third kappa shape index (κ3) is 3.78. The van der Waals surface area contributed by atoms with Crippen LogP contribution in [0.1, 0.15) is 49.3 Å². The fourth-order valence-corrected chi connectivity index (χ4v) is 3.86. The van der Waals surface area contributed by atoms with Gasteiger partial charge in [-0.05, 0) is 41.7 Å². The maximum atomic E-state index is 11.5. The van der Waals surface area contributed by atoms with Crippen LogP contribution >= 0.6 is 11.8 Å². The van der Waals surface area contributed by atoms with Crippen LogP contribution in [-0.4, -0.2) is 12.6 Å². The molecule has 0 N–H and O–H groups in total. The Balaban J connectivity index is 1.71. The van der Waals surface area contributed by atoms with Crippen LogP contribution in [0.5, 0.6) is 0 Å². The zero-order valence-corrected chi connectivity index (χ0v) is 14.5. The van der Waals surface area contributed by atoms with Crippen molar-refractivity contribution >= 4 is 17.7 Å². The van der Waals surface area contributed by atoms with E-state index in [-0.39, 0.29) is 11.9 Å². The molecule has 3 rings (SSSR count). The Kier molecular flexibility index (Phi) is 5.06. The highest BCUT2D eigenvalue weighted by Crippen LogP contribution is 2.40. The molecule has 2 aromatic rings. The number of carbonyl (C=O) groups is 1. The van der Waals surface area contributed by atoms with Crippen molar-refractivity contribution in [2.45, 2.75) is 48.8 Å². The Labute approximate surface area is 142 Å². The van der Waals surface area contributed by atoms with Gasteiger partial charge in [-0.1, -0.05) is 55.9 Å². The van der Waals surface area contributed by atoms with Crippen molar-refractivity contribution in [1.29, 1.82) is 0 Å². The Morgan fingerprint density at radius 3 is 2.78 bits per heavy atom. The van der Waals surface area contributed by atoms with E-state index in [1.54, 1.807) is 0 Å². The summed E-state index contributed by atoms with van der Waals surface area (Å²) in [6.07, 6.45) is 2.32. The minimum absolute atomic E-state index is 0.0956. The molecule has 3 heteroatoms. The van der Waals surface area contributed by atoms with Gasteiger partial charge in [0.05, 0.1) is 6.61 Å². The molecule has 1 aliphatic heterocycles. The van der Waals surface area contributed by atoms with E-state index < -0.39 is 0 Å². The van der Waals surface area contributed by atoms with Gasteiger partial charge in [0.25, 0.3) is 0 Å². The van der Waals surface area contributed by atoms with Crippen LogP contribution in [0.15, 0.2) is 52.3 Å². The number of hydrogen-bond acceptors (Lipinski definition) is 3. The molecule has 0 amide bonds. The molecule has 0 saturated carbocycles. The third-order valence-corrected chi connectivity index (χ3v) is 5.41. The molecule has 1 heterocycles. The zero-order valence-electron chi connectivity index (χ0n) is 13.7. The second-order valence-electron chi connectivity index (χ2n) is 6.09. The average molecular weight is 326 g/mol. The van der Waals surface area contributed by atoms with E-state index in [1.165, 1.54) is 26.5 Å². The number of esters is 1. The Morgan fingerprint density at radius 2 is 1.96 bits per heavy atom. The molecule has 2 nitrogen and oxygen atoms in total. The normalized spacial score (nSPS) is 13.8. The standard InChI is InChI=1S/C20H22O2S/c1-3-6-20(21)22-13-14(2)15-9-10-19-17(11-15)12-16-7-4-5-8-18(16)23-19/h4-5,7-11,14H,3,6,12-13H2,1-2H3. The summed E-state index contributed by atoms with van der Waals surface area (Å²) >= 11 is 1.84. The van der Waals surface area contributed by atoms with Gasteiger partial charge < -0.3 is 4.74 Å². The van der Waals surface area contributed by atoms with E-state index in [4.69, 9.17) is 4.74 Å². The largest absolute Gasteiger partial charge is 0.465 e. The zero-order chi connectivity index (χ0) is 16.2. The van der Waals surface area contributed by atoms with Gasteiger partial charge in [0.15, 0.2) is 0 Å². The summed E-state index contributed by atoms with van der Waals surface area (Å²) in [5, 5.41) is 0. The maximum Gasteiger partial charge on any atom is 0.305 e. The van der Waals surface area contributed by atoms with Gasteiger partial charge in [0.2, 0.25) is 0 Å². The van der Waals surface area contributed by atoms with Gasteiger partial charge in [0.1, 0.15) is 0 Å². The van der Waals surface area contributed by atoms with Crippen LogP contribution in [0.2, 0.25) is 0 Å². The number of hydrogen-bond donors (Lipinski definition) is 0. The SMILES string of the molecule is CCCC(=O)OCC(C)c1ccc2c(c1)Cc1ccccc1S2. The van der Waals surface area contributed by atoms with Crippen molar-refractivity contribution < 1.29 is 9.53 Å². The fourth-order valence-electron chi connectivity index (χ4n) is 2.81. The molecule has 120 valence electrons. The molecule has 0 aromatic heterocycles. The molecule has 0 aliphatic carbocycles. The van der Waals surface area contributed by atoms with Crippen molar-refractivity contribution in [3.8, 4) is 0 Å². The first-order valence-corrected chi connectivity index (χ1v) is 9.03. The highest BCUT2D eigenvalue weighted by atomic mass is 32.2. The van der Waals surface area contributed by atoms with Crippen molar-refractivity contribution in [1.82, 2.24) is 0 Å². The first-order valence-electron chi connectivity index (χ1n) is 8.21. The average Bonchev–Trinajstić information content (AvgIpc) is 2.57. The molecule has 0 radical (unpaired) electrons. The van der Waals surface area contributed by atoms with Crippen molar-refractivity contribution in [3.05, 3.63) is 59.2 Å². The predicted molar refractivity (Wildman–Crippen MR) is 94.1 cm³/mol. The summed E-state index contributed by atoms with van der Waals surface area (Å²) in [4.78, 5) is 14.2. The summed E-state index contributed by atoms with van der Waals surface area (Å²) in [7, 11) is 0. The monoisotopic (exact) mass is 326 g/mol. The van der Waals surface area contributed by atoms with E-state index in [1.807, 2.05) is 18.7 Å². The number of ether oxygens (including phenoxy) is 1. The molecule has 0 spiro atoms. The van der Waals surface area contributed by atoms with Crippen molar-refractivity contribution in [3.63, 3.8) is 0 Å². The summed E-state index contributed by atoms with van der Waals surface area (Å²) in [5.41, 5.74) is 4.01. The van der Waals surface area contributed by atoms with Gasteiger partial charge in [-0.2, -0.15) is 0 Å². The summed E-state index contributed by atoms with van der Waals surface area (Å²) in [5.74, 6) is 0.130. The van der Waals surface area contributed by atoms with Crippen LogP contribution in [0.25, 0.3) is 0 Å². The van der Waals surface area contributed by atoms with Gasteiger partial charge in [-0.3, -0.25) is 4.79 Å². The quantitative estimate of drug-likeness (QED) is 0.604. The third-order valence-electron chi connectivity index (χ3n) is 4.18. The minimum atomic E-state index is -0.0956. The summed E-state index contributed by atoms with van der Waals surface area (Å²) < 4.78 is 5.35. The molecule has 1 atom stereocenters. The molecule has 1 aliphatic rings. The molecule has 2 aromatic carbocycles. The first-order chi connectivity index (χ1) is 11.2. The van der Waals surface area contributed by atoms with Gasteiger partial charge in [-0.25, -0.2) is 0 Å². The lowest BCUT2D eigenvalue weighted by atomic mass is 9.96. The van der Waals surface area contributed by atoms with E-state index >= 15 is 0 Å². The lowest BCUT2D eigenvalue weighted by Crippen LogP contribution is -2.11. The number of rotatable bonds is 5. The molecule has 1 unspecified atom stereocenters. The smallest absolute Gasteiger partial charge is 0.305 e. The molecular formula is C20H22O2S. The van der Waals surface area contributed by atoms with Gasteiger partial charge >= 0.3 is 5.97 Å². The van der Waals surface area contributed by atoms with Gasteiger partial charge in [0, 0.05) is 22.1 Å². The second-order valence-corrected chi connectivity index (χ2v) is 7.17. The molecule has 23 heavy (non-hydrogen) atoms. The van der Waals surface area contributed by atoms with Crippen LogP contribution in [-0.2, 0) is 16.0 Å². The molecule has 0 fully saturated rings. The highest BCUT2D eigenvalue weighted by Gasteiger charge is 2.17. The highest BCUT2D eigenvalue weighted by molar-refractivity contribution is 7.99. The lowest BCUT2D eigenvalue weighted by Gasteiger charge is -2.21. The van der Waals surface area contributed by atoms with Crippen molar-refractivity contribution in [2.75, 3.05) is 6.61 Å². The van der Waals surface area contributed by atoms with Crippen LogP contribution in [0, 0.1) is 0 Å². The molecule has 0 bridgehead atoms. The first kappa shape index (κ1) is 16.1. The summed E-state index contributed by atoms with van der Waals surface area (Å²) in [6.45, 7) is 4.57. The van der Waals surface area contributed by atoms with E-state index in [0.29, 0.717) is 13.0 Å². The van der Waals surface area contributed by atoms with Crippen LogP contribution < -0.4 is 0 Å². The number of fused-ring (bicyclic) bond motifs is 2. The van der Waals surface area contributed by atoms with Gasteiger partial charge in [-0.15, -0.1) is 0 Å². The lowest BCUT2D eigenvalue weighted by molar-refractivity contribution is -0.144. The fraction of sp³-hybridized carbons (Fsp3) is 0.350. The Morgan fingerprint density at radius 1 is 1.17 bits per heavy atom. The maximum absolute atomic E-state index is 11.5. The van der Waals surface area contributed by atoms with Crippen LogP contribution in [0.3, 0.4) is 0 Å². The summed E-state index contributed by atoms with van der Waals surface area (Å²) in [6, 6.07) is 15.2. The number of benzene rings is 2. The van der Waals surface area contributed by atoms with Crippen LogP contribution in [0.4, 0.5) is 0 Å². The Hall–Kier alpha value is -1.74. The van der Waals surface area contributed by atoms with E-state index in [2.05, 4.69) is 49.4 Å². The predicted octanol–water partition coefficient (Wildman–Crippen LogP) is 5.19. The molecular weight excluding hydrogens is 304 g/mol. The Bertz CT molecular complexity index is 709. The van der Waals surface area contributed by atoms with Crippen molar-refractivity contribution in [2.24, 2.45) is 0 Å². The number of carbonyl (C=O) groups excluding carboxylic acids is 1.